The van der Waals surface area contributed by atoms with E-state index in [1.807, 2.05) is 30.3 Å². The van der Waals surface area contributed by atoms with Crippen molar-refractivity contribution >= 4 is 21.6 Å². The third-order valence-electron chi connectivity index (χ3n) is 5.77. The molecule has 2 aromatic carbocycles. The lowest BCUT2D eigenvalue weighted by Crippen LogP contribution is -2.32. The Hall–Kier alpha value is -3.17. The van der Waals surface area contributed by atoms with Gasteiger partial charge in [-0.15, -0.1) is 0 Å². The molecule has 1 aliphatic rings. The largest absolute Gasteiger partial charge is 0.493 e. The maximum Gasteiger partial charge on any atom is 0.280 e. The van der Waals surface area contributed by atoms with Crippen LogP contribution in [0.3, 0.4) is 0 Å². The monoisotopic (exact) mass is 468 g/mol. The molecule has 1 N–H and O–H groups in total. The van der Waals surface area contributed by atoms with Gasteiger partial charge in [0.1, 0.15) is 0 Å². The van der Waals surface area contributed by atoms with Crippen molar-refractivity contribution in [2.75, 3.05) is 25.5 Å². The first-order valence-electron chi connectivity index (χ1n) is 11.0. The average Bonchev–Trinajstić information content (AvgIpc) is 3.06. The molecule has 174 valence electrons. The number of para-hydroxylation sites is 1. The first kappa shape index (κ1) is 23.0. The van der Waals surface area contributed by atoms with Crippen molar-refractivity contribution in [3.8, 4) is 11.4 Å². The predicted molar refractivity (Wildman–Crippen MR) is 126 cm³/mol. The van der Waals surface area contributed by atoms with Gasteiger partial charge in [0.05, 0.1) is 23.9 Å². The van der Waals surface area contributed by atoms with E-state index in [0.29, 0.717) is 30.1 Å². The predicted octanol–water partition coefficient (Wildman–Crippen LogP) is 4.01. The summed E-state index contributed by atoms with van der Waals surface area (Å²) < 4.78 is 35.1. The molecule has 0 unspecified atom stereocenters. The van der Waals surface area contributed by atoms with Gasteiger partial charge >= 0.3 is 0 Å². The minimum Gasteiger partial charge on any atom is -0.493 e. The number of sulfonamides is 1. The summed E-state index contributed by atoms with van der Waals surface area (Å²) in [6, 6.07) is 14.3. The van der Waals surface area contributed by atoms with Crippen LogP contribution in [0, 0.1) is 6.92 Å². The zero-order valence-electron chi connectivity index (χ0n) is 18.8. The molecule has 0 saturated carbocycles. The second-order valence-electron chi connectivity index (χ2n) is 8.08. The minimum absolute atomic E-state index is 0.110. The molecule has 9 heteroatoms. The number of methoxy groups -OCH3 is 1. The minimum atomic E-state index is -3.65. The molecule has 1 aliphatic heterocycles. The van der Waals surface area contributed by atoms with Gasteiger partial charge in [0, 0.05) is 18.8 Å². The highest BCUT2D eigenvalue weighted by atomic mass is 32.2. The second kappa shape index (κ2) is 9.76. The van der Waals surface area contributed by atoms with Crippen LogP contribution >= 0.6 is 0 Å². The fourth-order valence-electron chi connectivity index (χ4n) is 3.94. The van der Waals surface area contributed by atoms with Gasteiger partial charge in [0.2, 0.25) is 10.0 Å². The number of benzene rings is 2. The van der Waals surface area contributed by atoms with Crippen molar-refractivity contribution in [3.63, 3.8) is 0 Å². The van der Waals surface area contributed by atoms with Crippen LogP contribution in [0.2, 0.25) is 0 Å². The third kappa shape index (κ3) is 4.94. The number of aromatic nitrogens is 2. The van der Waals surface area contributed by atoms with Crippen molar-refractivity contribution in [1.29, 1.82) is 0 Å². The van der Waals surface area contributed by atoms with E-state index in [-0.39, 0.29) is 10.6 Å². The van der Waals surface area contributed by atoms with E-state index in [2.05, 4.69) is 10.4 Å². The normalized spacial score (nSPS) is 15.1. The number of amides is 1. The van der Waals surface area contributed by atoms with Gasteiger partial charge in [0.25, 0.3) is 5.91 Å². The molecule has 2 heterocycles. The molecule has 4 rings (SSSR count). The first-order valence-corrected chi connectivity index (χ1v) is 12.5. The van der Waals surface area contributed by atoms with Crippen molar-refractivity contribution in [2.24, 2.45) is 0 Å². The van der Waals surface area contributed by atoms with E-state index in [0.717, 1.165) is 31.4 Å². The van der Waals surface area contributed by atoms with Crippen LogP contribution in [-0.4, -0.2) is 48.6 Å². The number of nitrogens with one attached hydrogen (secondary N) is 1. The topological polar surface area (TPSA) is 93.5 Å². The summed E-state index contributed by atoms with van der Waals surface area (Å²) in [6.07, 6.45) is 5.43. The molecular formula is C24H28N4O4S. The summed E-state index contributed by atoms with van der Waals surface area (Å²) >= 11 is 0. The van der Waals surface area contributed by atoms with Gasteiger partial charge in [-0.05, 0) is 49.6 Å². The molecule has 3 aromatic rings. The maximum absolute atomic E-state index is 13.3. The van der Waals surface area contributed by atoms with Gasteiger partial charge in [-0.1, -0.05) is 37.1 Å². The van der Waals surface area contributed by atoms with E-state index in [1.165, 1.54) is 13.2 Å². The lowest BCUT2D eigenvalue weighted by Gasteiger charge is -2.21. The fraction of sp³-hybridized carbons (Fsp3) is 0.333. The highest BCUT2D eigenvalue weighted by Gasteiger charge is 2.27. The molecule has 1 aromatic heterocycles. The van der Waals surface area contributed by atoms with Gasteiger partial charge < -0.3 is 10.1 Å². The Morgan fingerprint density at radius 2 is 1.73 bits per heavy atom. The van der Waals surface area contributed by atoms with Crippen LogP contribution in [0.25, 0.3) is 5.69 Å². The van der Waals surface area contributed by atoms with E-state index in [1.54, 1.807) is 34.2 Å². The van der Waals surface area contributed by atoms with Crippen molar-refractivity contribution < 1.29 is 17.9 Å². The van der Waals surface area contributed by atoms with Crippen LogP contribution in [0.1, 0.15) is 41.7 Å². The summed E-state index contributed by atoms with van der Waals surface area (Å²) in [5.41, 5.74) is 1.92. The summed E-state index contributed by atoms with van der Waals surface area (Å²) in [5, 5.41) is 7.15. The van der Waals surface area contributed by atoms with Gasteiger partial charge in [0.15, 0.2) is 11.4 Å². The number of aryl methyl sites for hydroxylation is 1. The number of rotatable bonds is 6. The Morgan fingerprint density at radius 3 is 2.39 bits per heavy atom. The Balaban J connectivity index is 1.60. The van der Waals surface area contributed by atoms with Crippen LogP contribution in [0.5, 0.6) is 5.75 Å². The molecule has 0 bridgehead atoms. The van der Waals surface area contributed by atoms with Crippen LogP contribution in [0.4, 0.5) is 5.69 Å². The SMILES string of the molecule is COc1cn(-c2ccccc2)nc1C(=O)Nc1ccc(C)c(S(=O)(=O)N2CCCCCC2)c1. The molecule has 8 nitrogen and oxygen atoms in total. The van der Waals surface area contributed by atoms with Gasteiger partial charge in [-0.3, -0.25) is 4.79 Å². The number of hydrogen-bond donors (Lipinski definition) is 1. The smallest absolute Gasteiger partial charge is 0.280 e. The van der Waals surface area contributed by atoms with Crippen molar-refractivity contribution in [3.05, 3.63) is 66.0 Å². The van der Waals surface area contributed by atoms with Crippen molar-refractivity contribution in [2.45, 2.75) is 37.5 Å². The Morgan fingerprint density at radius 1 is 1.03 bits per heavy atom. The number of anilines is 1. The molecule has 0 spiro atoms. The molecule has 1 saturated heterocycles. The van der Waals surface area contributed by atoms with Crippen LogP contribution < -0.4 is 10.1 Å². The second-order valence-corrected chi connectivity index (χ2v) is 9.99. The maximum atomic E-state index is 13.3. The number of hydrogen-bond acceptors (Lipinski definition) is 5. The Kier molecular flexibility index (Phi) is 6.80. The summed E-state index contributed by atoms with van der Waals surface area (Å²) in [4.78, 5) is 13.2. The quantitative estimate of drug-likeness (QED) is 0.590. The third-order valence-corrected chi connectivity index (χ3v) is 7.81. The highest BCUT2D eigenvalue weighted by Crippen LogP contribution is 2.27. The molecule has 0 atom stereocenters. The number of carbonyl (C=O) groups excluding carboxylic acids is 1. The number of carbonyl (C=O) groups is 1. The summed E-state index contributed by atoms with van der Waals surface area (Å²) in [5.74, 6) is -0.163. The van der Waals surface area contributed by atoms with E-state index < -0.39 is 15.9 Å². The highest BCUT2D eigenvalue weighted by molar-refractivity contribution is 7.89. The van der Waals surface area contributed by atoms with E-state index in [4.69, 9.17) is 4.74 Å². The molecule has 33 heavy (non-hydrogen) atoms. The molecule has 0 aliphatic carbocycles. The van der Waals surface area contributed by atoms with E-state index in [9.17, 15) is 13.2 Å². The number of ether oxygens (including phenoxy) is 1. The molecule has 1 amide bonds. The van der Waals surface area contributed by atoms with E-state index >= 15 is 0 Å². The average molecular weight is 469 g/mol. The Bertz CT molecular complexity index is 1230. The van der Waals surface area contributed by atoms with Gasteiger partial charge in [-0.2, -0.15) is 9.40 Å². The summed E-state index contributed by atoms with van der Waals surface area (Å²) in [6.45, 7) is 2.81. The van der Waals surface area contributed by atoms with Crippen LogP contribution in [0.15, 0.2) is 59.6 Å². The molecule has 0 radical (unpaired) electrons. The zero-order chi connectivity index (χ0) is 23.4. The molecule has 1 fully saturated rings. The zero-order valence-corrected chi connectivity index (χ0v) is 19.6. The molecular weight excluding hydrogens is 440 g/mol. The van der Waals surface area contributed by atoms with Gasteiger partial charge in [-0.25, -0.2) is 13.1 Å². The first-order chi connectivity index (χ1) is 15.9. The van der Waals surface area contributed by atoms with Crippen molar-refractivity contribution in [1.82, 2.24) is 14.1 Å². The Labute approximate surface area is 194 Å². The lowest BCUT2D eigenvalue weighted by molar-refractivity contribution is 0.101. The summed E-state index contributed by atoms with van der Waals surface area (Å²) in [7, 11) is -2.17. The fourth-order valence-corrected chi connectivity index (χ4v) is 5.71. The standard InChI is InChI=1S/C24H28N4O4S/c1-18-12-13-19(16-22(18)33(30,31)27-14-8-3-4-9-15-27)25-24(29)23-21(32-2)17-28(26-23)20-10-6-5-7-11-20/h5-7,10-13,16-17H,3-4,8-9,14-15H2,1-2H3,(H,25,29). The van der Waals surface area contributed by atoms with Crippen LogP contribution in [-0.2, 0) is 10.0 Å². The number of nitrogens with zero attached hydrogens (tertiary/aromatic N) is 3. The lowest BCUT2D eigenvalue weighted by atomic mass is 10.2.